The van der Waals surface area contributed by atoms with E-state index in [1.807, 2.05) is 18.2 Å². The van der Waals surface area contributed by atoms with Gasteiger partial charge >= 0.3 is 0 Å². The molecule has 3 unspecified atom stereocenters. The normalized spacial score (nSPS) is 24.8. The van der Waals surface area contributed by atoms with Crippen LogP contribution in [0.4, 0.5) is 0 Å². The van der Waals surface area contributed by atoms with Gasteiger partial charge in [-0.2, -0.15) is 0 Å². The summed E-state index contributed by atoms with van der Waals surface area (Å²) in [4.78, 5) is 4.69. The molecule has 0 spiro atoms. The van der Waals surface area contributed by atoms with E-state index >= 15 is 0 Å². The van der Waals surface area contributed by atoms with Crippen LogP contribution < -0.4 is 15.4 Å². The van der Waals surface area contributed by atoms with Crippen molar-refractivity contribution in [3.05, 3.63) is 28.8 Å². The number of hydrogen-bond acceptors (Lipinski definition) is 3. The Morgan fingerprint density at radius 1 is 1.40 bits per heavy atom. The maximum Gasteiger partial charge on any atom is 0.191 e. The largest absolute Gasteiger partial charge is 0.497 e. The van der Waals surface area contributed by atoms with Crippen LogP contribution in [-0.4, -0.2) is 44.4 Å². The fourth-order valence-electron chi connectivity index (χ4n) is 3.43. The molecule has 2 bridgehead atoms. The molecule has 7 heteroatoms. The Balaban J connectivity index is 0.00000225. The molecule has 2 aliphatic rings. The van der Waals surface area contributed by atoms with Gasteiger partial charge in [0.05, 0.1) is 25.4 Å². The van der Waals surface area contributed by atoms with E-state index in [1.54, 1.807) is 7.11 Å². The van der Waals surface area contributed by atoms with E-state index in [0.29, 0.717) is 24.8 Å². The molecule has 2 saturated heterocycles. The second-order valence-corrected chi connectivity index (χ2v) is 6.74. The van der Waals surface area contributed by atoms with Crippen molar-refractivity contribution < 1.29 is 9.47 Å². The summed E-state index contributed by atoms with van der Waals surface area (Å²) in [6, 6.07) is 6.16. The van der Waals surface area contributed by atoms with Crippen LogP contribution in [-0.2, 0) is 11.2 Å². The Hall–Kier alpha value is -0.730. The summed E-state index contributed by atoms with van der Waals surface area (Å²) in [6.45, 7) is 3.61. The number of hydrogen-bond donors (Lipinski definition) is 2. The van der Waals surface area contributed by atoms with Gasteiger partial charge in [-0.3, -0.25) is 4.99 Å². The highest BCUT2D eigenvalue weighted by molar-refractivity contribution is 14.0. The number of methoxy groups -OCH3 is 1. The summed E-state index contributed by atoms with van der Waals surface area (Å²) in [7, 11) is 1.64. The van der Waals surface area contributed by atoms with E-state index in [-0.39, 0.29) is 24.0 Å². The van der Waals surface area contributed by atoms with Crippen molar-refractivity contribution in [2.45, 2.75) is 50.9 Å². The van der Waals surface area contributed by atoms with Crippen molar-refractivity contribution >= 4 is 41.5 Å². The van der Waals surface area contributed by atoms with Crippen LogP contribution in [0.5, 0.6) is 5.75 Å². The number of fused-ring (bicyclic) bond motifs is 2. The van der Waals surface area contributed by atoms with Gasteiger partial charge in [-0.05, 0) is 50.3 Å². The minimum atomic E-state index is 0. The van der Waals surface area contributed by atoms with Gasteiger partial charge in [-0.25, -0.2) is 0 Å². The Bertz CT molecular complexity index is 600. The Labute approximate surface area is 171 Å². The maximum absolute atomic E-state index is 6.29. The van der Waals surface area contributed by atoms with Gasteiger partial charge in [0.25, 0.3) is 0 Å². The van der Waals surface area contributed by atoms with Gasteiger partial charge in [0.1, 0.15) is 5.75 Å². The molecule has 25 heavy (non-hydrogen) atoms. The lowest BCUT2D eigenvalue weighted by atomic mass is 9.96. The average molecular weight is 480 g/mol. The fraction of sp³-hybridized carbons (Fsp3) is 0.611. The number of nitrogens with one attached hydrogen (secondary N) is 2. The lowest BCUT2D eigenvalue weighted by Gasteiger charge is -2.22. The third-order valence-corrected chi connectivity index (χ3v) is 5.04. The van der Waals surface area contributed by atoms with E-state index in [9.17, 15) is 0 Å². The van der Waals surface area contributed by atoms with Crippen molar-refractivity contribution in [1.82, 2.24) is 10.6 Å². The first-order chi connectivity index (χ1) is 11.7. The molecule has 3 rings (SSSR count). The van der Waals surface area contributed by atoms with Crippen LogP contribution in [0, 0.1) is 0 Å². The number of nitrogens with zero attached hydrogens (tertiary/aromatic N) is 1. The fourth-order valence-corrected chi connectivity index (χ4v) is 3.70. The highest BCUT2D eigenvalue weighted by atomic mass is 127. The van der Waals surface area contributed by atoms with Crippen LogP contribution in [0.15, 0.2) is 23.2 Å². The molecule has 2 heterocycles. The second-order valence-electron chi connectivity index (χ2n) is 6.33. The monoisotopic (exact) mass is 479 g/mol. The summed E-state index contributed by atoms with van der Waals surface area (Å²) in [5.41, 5.74) is 1.08. The van der Waals surface area contributed by atoms with Crippen molar-refractivity contribution in [2.24, 2.45) is 4.99 Å². The molecule has 0 aliphatic carbocycles. The Morgan fingerprint density at radius 2 is 2.24 bits per heavy atom. The second kappa shape index (κ2) is 9.83. The quantitative estimate of drug-likeness (QED) is 0.373. The van der Waals surface area contributed by atoms with Crippen molar-refractivity contribution in [3.8, 4) is 5.75 Å². The van der Waals surface area contributed by atoms with E-state index in [2.05, 4.69) is 22.5 Å². The van der Waals surface area contributed by atoms with Crippen molar-refractivity contribution in [2.75, 3.05) is 20.2 Å². The van der Waals surface area contributed by atoms with Crippen LogP contribution in [0.3, 0.4) is 0 Å². The zero-order valence-corrected chi connectivity index (χ0v) is 17.8. The predicted octanol–water partition coefficient (Wildman–Crippen LogP) is 3.38. The first-order valence-corrected chi connectivity index (χ1v) is 9.10. The molecule has 0 saturated carbocycles. The standard InChI is InChI=1S/C18H26ClN3O2.HI/c1-3-20-18(22-16-11-14-6-7-17(16)24-14)21-9-8-12-4-5-13(23-2)10-15(12)19;/h4-5,10,14,16-17H,3,6-9,11H2,1-2H3,(H2,20,21,22);1H. The molecule has 2 N–H and O–H groups in total. The molecule has 1 aromatic carbocycles. The van der Waals surface area contributed by atoms with Gasteiger partial charge in [0, 0.05) is 18.1 Å². The lowest BCUT2D eigenvalue weighted by Crippen LogP contribution is -2.47. The van der Waals surface area contributed by atoms with Gasteiger partial charge in [-0.1, -0.05) is 17.7 Å². The summed E-state index contributed by atoms with van der Waals surface area (Å²) < 4.78 is 11.1. The molecular formula is C18H27ClIN3O2. The molecule has 2 aliphatic heterocycles. The minimum absolute atomic E-state index is 0. The SMILES string of the molecule is CCNC(=NCCc1ccc(OC)cc1Cl)NC1CC2CCC1O2.I. The first kappa shape index (κ1) is 20.6. The zero-order chi connectivity index (χ0) is 16.9. The van der Waals surface area contributed by atoms with E-state index < -0.39 is 0 Å². The van der Waals surface area contributed by atoms with Crippen LogP contribution in [0.1, 0.15) is 31.7 Å². The molecule has 5 nitrogen and oxygen atoms in total. The Morgan fingerprint density at radius 3 is 2.84 bits per heavy atom. The van der Waals surface area contributed by atoms with Crippen molar-refractivity contribution in [1.29, 1.82) is 0 Å². The van der Waals surface area contributed by atoms with Gasteiger partial charge in [0.2, 0.25) is 0 Å². The molecule has 0 amide bonds. The third-order valence-electron chi connectivity index (χ3n) is 4.68. The third kappa shape index (κ3) is 5.37. The number of halogens is 2. The van der Waals surface area contributed by atoms with Crippen LogP contribution in [0.2, 0.25) is 5.02 Å². The summed E-state index contributed by atoms with van der Waals surface area (Å²) >= 11 is 6.29. The topological polar surface area (TPSA) is 54.9 Å². The maximum atomic E-state index is 6.29. The molecular weight excluding hydrogens is 453 g/mol. The van der Waals surface area contributed by atoms with Crippen molar-refractivity contribution in [3.63, 3.8) is 0 Å². The summed E-state index contributed by atoms with van der Waals surface area (Å²) in [6.07, 6.45) is 5.02. The Kier molecular flexibility index (Phi) is 8.09. The van der Waals surface area contributed by atoms with E-state index in [4.69, 9.17) is 21.1 Å². The van der Waals surface area contributed by atoms with Gasteiger partial charge in [0.15, 0.2) is 5.96 Å². The molecule has 1 aromatic rings. The smallest absolute Gasteiger partial charge is 0.191 e. The highest BCUT2D eigenvalue weighted by Crippen LogP contribution is 2.34. The lowest BCUT2D eigenvalue weighted by molar-refractivity contribution is 0.0992. The molecule has 0 radical (unpaired) electrons. The zero-order valence-electron chi connectivity index (χ0n) is 14.8. The molecule has 2 fully saturated rings. The van der Waals surface area contributed by atoms with Crippen LogP contribution in [0.25, 0.3) is 0 Å². The molecule has 140 valence electrons. The van der Waals surface area contributed by atoms with Gasteiger partial charge in [-0.15, -0.1) is 24.0 Å². The number of rotatable bonds is 6. The number of benzene rings is 1. The van der Waals surface area contributed by atoms with Crippen LogP contribution >= 0.6 is 35.6 Å². The summed E-state index contributed by atoms with van der Waals surface area (Å²) in [5.74, 6) is 1.64. The predicted molar refractivity (Wildman–Crippen MR) is 113 cm³/mol. The highest BCUT2D eigenvalue weighted by Gasteiger charge is 2.41. The minimum Gasteiger partial charge on any atom is -0.497 e. The molecule has 3 atom stereocenters. The molecule has 0 aromatic heterocycles. The van der Waals surface area contributed by atoms with Gasteiger partial charge < -0.3 is 20.1 Å². The van der Waals surface area contributed by atoms with E-state index in [0.717, 1.165) is 48.1 Å². The average Bonchev–Trinajstić information content (AvgIpc) is 3.19. The van der Waals surface area contributed by atoms with E-state index in [1.165, 1.54) is 6.42 Å². The summed E-state index contributed by atoms with van der Waals surface area (Å²) in [5, 5.41) is 7.57. The number of guanidine groups is 1. The number of ether oxygens (including phenoxy) is 2. The first-order valence-electron chi connectivity index (χ1n) is 8.72. The number of aliphatic imine (C=N–C) groups is 1.